The van der Waals surface area contributed by atoms with Crippen LogP contribution < -0.4 is 10.8 Å². The summed E-state index contributed by atoms with van der Waals surface area (Å²) < 4.78 is 1.12. The van der Waals surface area contributed by atoms with Crippen LogP contribution in [0, 0.1) is 0 Å². The van der Waals surface area contributed by atoms with Gasteiger partial charge in [0.25, 0.3) is 0 Å². The number of hydrogen-bond donors (Lipinski definition) is 1. The molecule has 5 heteroatoms. The first-order valence-corrected chi connectivity index (χ1v) is 6.26. The second-order valence-electron chi connectivity index (χ2n) is 3.84. The summed E-state index contributed by atoms with van der Waals surface area (Å²) in [6.07, 6.45) is 2.27. The number of rotatable bonds is 1. The number of hydrogen-bond acceptors (Lipinski definition) is 5. The second-order valence-corrected chi connectivity index (χ2v) is 4.73. The highest BCUT2D eigenvalue weighted by molar-refractivity contribution is 7.16. The Hall–Kier alpha value is -1.33. The zero-order valence-corrected chi connectivity index (χ0v) is 9.67. The van der Waals surface area contributed by atoms with Gasteiger partial charge in [0.1, 0.15) is 5.52 Å². The van der Waals surface area contributed by atoms with Crippen molar-refractivity contribution in [2.45, 2.75) is 12.8 Å². The van der Waals surface area contributed by atoms with Gasteiger partial charge in [-0.3, -0.25) is 9.90 Å². The standard InChI is InChI=1S/C11H13N3OS/c12-10-8(14-5-1-2-6-15-14)3-4-9-11(10)13-7-16-9/h3-4,7H,1-2,5-6,12H2. The molecule has 84 valence electrons. The summed E-state index contributed by atoms with van der Waals surface area (Å²) in [5, 5.41) is 1.89. The van der Waals surface area contributed by atoms with Gasteiger partial charge in [-0.1, -0.05) is 0 Å². The van der Waals surface area contributed by atoms with E-state index in [2.05, 4.69) is 11.1 Å². The molecule has 1 fully saturated rings. The van der Waals surface area contributed by atoms with E-state index in [-0.39, 0.29) is 0 Å². The van der Waals surface area contributed by atoms with Crippen molar-refractivity contribution >= 4 is 32.9 Å². The molecule has 0 atom stereocenters. The summed E-state index contributed by atoms with van der Waals surface area (Å²) in [7, 11) is 0. The Kier molecular flexibility index (Phi) is 2.41. The van der Waals surface area contributed by atoms with Gasteiger partial charge in [-0.2, -0.15) is 0 Å². The molecule has 3 rings (SSSR count). The molecule has 0 saturated carbocycles. The van der Waals surface area contributed by atoms with Crippen LogP contribution in [-0.4, -0.2) is 18.1 Å². The van der Waals surface area contributed by atoms with Crippen LogP contribution in [-0.2, 0) is 4.84 Å². The van der Waals surface area contributed by atoms with E-state index in [0.29, 0.717) is 0 Å². The number of nitrogens with two attached hydrogens (primary N) is 1. The van der Waals surface area contributed by atoms with Crippen LogP contribution in [0.4, 0.5) is 11.4 Å². The molecule has 1 aromatic carbocycles. The van der Waals surface area contributed by atoms with Crippen molar-refractivity contribution in [3.8, 4) is 0 Å². The number of hydroxylamine groups is 1. The minimum absolute atomic E-state index is 0.723. The molecule has 0 bridgehead atoms. The van der Waals surface area contributed by atoms with E-state index in [9.17, 15) is 0 Å². The Balaban J connectivity index is 2.05. The molecule has 0 aliphatic carbocycles. The minimum Gasteiger partial charge on any atom is -0.395 e. The molecule has 1 aliphatic heterocycles. The maximum absolute atomic E-state index is 6.12. The van der Waals surface area contributed by atoms with Crippen LogP contribution in [0.3, 0.4) is 0 Å². The summed E-state index contributed by atoms with van der Waals surface area (Å²) in [4.78, 5) is 9.88. The molecule has 1 aromatic heterocycles. The van der Waals surface area contributed by atoms with Crippen molar-refractivity contribution in [3.63, 3.8) is 0 Å². The summed E-state index contributed by atoms with van der Waals surface area (Å²) in [6.45, 7) is 1.67. The largest absolute Gasteiger partial charge is 0.395 e. The minimum atomic E-state index is 0.723. The first-order valence-electron chi connectivity index (χ1n) is 5.38. The average Bonchev–Trinajstić information content (AvgIpc) is 2.80. The Labute approximate surface area is 97.6 Å². The van der Waals surface area contributed by atoms with Gasteiger partial charge in [-0.05, 0) is 25.0 Å². The van der Waals surface area contributed by atoms with E-state index in [1.807, 2.05) is 16.6 Å². The zero-order chi connectivity index (χ0) is 11.0. The highest BCUT2D eigenvalue weighted by Crippen LogP contribution is 2.33. The van der Waals surface area contributed by atoms with Crippen LogP contribution in [0.25, 0.3) is 10.2 Å². The zero-order valence-electron chi connectivity index (χ0n) is 8.85. The van der Waals surface area contributed by atoms with Crippen molar-refractivity contribution < 1.29 is 4.84 Å². The van der Waals surface area contributed by atoms with Gasteiger partial charge >= 0.3 is 0 Å². The molecule has 16 heavy (non-hydrogen) atoms. The summed E-state index contributed by atoms with van der Waals surface area (Å²) in [5.74, 6) is 0. The van der Waals surface area contributed by atoms with Crippen LogP contribution in [0.1, 0.15) is 12.8 Å². The van der Waals surface area contributed by atoms with E-state index in [1.165, 1.54) is 0 Å². The van der Waals surface area contributed by atoms with E-state index in [4.69, 9.17) is 10.6 Å². The lowest BCUT2D eigenvalue weighted by atomic mass is 10.2. The lowest BCUT2D eigenvalue weighted by Gasteiger charge is -2.28. The lowest BCUT2D eigenvalue weighted by molar-refractivity contribution is 0.0782. The Morgan fingerprint density at radius 2 is 2.31 bits per heavy atom. The average molecular weight is 235 g/mol. The van der Waals surface area contributed by atoms with Gasteiger partial charge in [0.05, 0.1) is 28.2 Å². The van der Waals surface area contributed by atoms with Crippen molar-refractivity contribution in [2.24, 2.45) is 0 Å². The van der Waals surface area contributed by atoms with Gasteiger partial charge in [-0.15, -0.1) is 11.3 Å². The fraction of sp³-hybridized carbons (Fsp3) is 0.364. The number of fused-ring (bicyclic) bond motifs is 1. The van der Waals surface area contributed by atoms with Crippen LogP contribution in [0.2, 0.25) is 0 Å². The third-order valence-electron chi connectivity index (χ3n) is 2.79. The van der Waals surface area contributed by atoms with Gasteiger partial charge in [0, 0.05) is 6.54 Å². The molecule has 4 nitrogen and oxygen atoms in total. The van der Waals surface area contributed by atoms with E-state index >= 15 is 0 Å². The molecule has 0 radical (unpaired) electrons. The predicted octanol–water partition coefficient (Wildman–Crippen LogP) is 2.41. The molecule has 2 heterocycles. The van der Waals surface area contributed by atoms with Crippen LogP contribution >= 0.6 is 11.3 Å². The van der Waals surface area contributed by atoms with Crippen molar-refractivity contribution in [1.29, 1.82) is 0 Å². The highest BCUT2D eigenvalue weighted by Gasteiger charge is 2.16. The Bertz CT molecular complexity index is 505. The number of nitrogens with zero attached hydrogens (tertiary/aromatic N) is 2. The van der Waals surface area contributed by atoms with Gasteiger partial charge in [0.15, 0.2) is 0 Å². The quantitative estimate of drug-likeness (QED) is 0.771. The van der Waals surface area contributed by atoms with Crippen LogP contribution in [0.5, 0.6) is 0 Å². The van der Waals surface area contributed by atoms with Crippen molar-refractivity contribution in [1.82, 2.24) is 4.98 Å². The molecule has 0 spiro atoms. The van der Waals surface area contributed by atoms with Gasteiger partial charge in [0.2, 0.25) is 0 Å². The highest BCUT2D eigenvalue weighted by atomic mass is 32.1. The van der Waals surface area contributed by atoms with Gasteiger partial charge < -0.3 is 5.73 Å². The first kappa shape index (κ1) is 9.86. The predicted molar refractivity (Wildman–Crippen MR) is 66.6 cm³/mol. The number of nitrogen functional groups attached to an aromatic ring is 1. The molecule has 0 amide bonds. The third-order valence-corrected chi connectivity index (χ3v) is 3.58. The van der Waals surface area contributed by atoms with E-state index in [0.717, 1.165) is 47.6 Å². The summed E-state index contributed by atoms with van der Waals surface area (Å²) in [5.41, 5.74) is 10.5. The Morgan fingerprint density at radius 3 is 3.12 bits per heavy atom. The molecule has 1 aliphatic rings. The van der Waals surface area contributed by atoms with Gasteiger partial charge in [-0.25, -0.2) is 4.98 Å². The monoisotopic (exact) mass is 235 g/mol. The van der Waals surface area contributed by atoms with Crippen molar-refractivity contribution in [3.05, 3.63) is 17.6 Å². The maximum atomic E-state index is 6.12. The second kappa shape index (κ2) is 3.92. The summed E-state index contributed by atoms with van der Waals surface area (Å²) in [6, 6.07) is 4.07. The number of benzene rings is 1. The third kappa shape index (κ3) is 1.52. The molecule has 1 saturated heterocycles. The fourth-order valence-electron chi connectivity index (χ4n) is 1.95. The Morgan fingerprint density at radius 1 is 1.38 bits per heavy atom. The van der Waals surface area contributed by atoms with Crippen molar-refractivity contribution in [2.75, 3.05) is 23.9 Å². The van der Waals surface area contributed by atoms with E-state index < -0.39 is 0 Å². The smallest absolute Gasteiger partial charge is 0.106 e. The number of anilines is 2. The van der Waals surface area contributed by atoms with E-state index in [1.54, 1.807) is 11.3 Å². The van der Waals surface area contributed by atoms with Crippen LogP contribution in [0.15, 0.2) is 17.6 Å². The topological polar surface area (TPSA) is 51.4 Å². The molecular weight excluding hydrogens is 222 g/mol. The molecule has 2 aromatic rings. The SMILES string of the molecule is Nc1c(N2CCCCO2)ccc2scnc12. The normalized spacial score (nSPS) is 16.9. The summed E-state index contributed by atoms with van der Waals surface area (Å²) >= 11 is 1.61. The maximum Gasteiger partial charge on any atom is 0.106 e. The lowest BCUT2D eigenvalue weighted by Crippen LogP contribution is -2.30. The fourth-order valence-corrected chi connectivity index (χ4v) is 2.64. The molecule has 2 N–H and O–H groups in total. The number of aromatic nitrogens is 1. The first-order chi connectivity index (χ1) is 7.86. The molecule has 0 unspecified atom stereocenters. The molecular formula is C11H13N3OS. The number of thiazole rings is 1.